The van der Waals surface area contributed by atoms with Gasteiger partial charge in [-0.15, -0.1) is 14.6 Å². The summed E-state index contributed by atoms with van der Waals surface area (Å²) >= 11 is 2.17. The summed E-state index contributed by atoms with van der Waals surface area (Å²) in [4.78, 5) is 4.93. The van der Waals surface area contributed by atoms with Crippen molar-refractivity contribution < 1.29 is 27.6 Å². The molecule has 12 nitrogen and oxygen atoms in total. The zero-order valence-corrected chi connectivity index (χ0v) is 20.7. The molecular weight excluding hydrogens is 528 g/mol. The van der Waals surface area contributed by atoms with Gasteiger partial charge in [-0.05, 0) is 60.2 Å². The normalized spacial score (nSPS) is 12.3. The Bertz CT molecular complexity index is 1750. The third-order valence-electron chi connectivity index (χ3n) is 5.15. The molecule has 0 radical (unpaired) electrons. The number of nitrogens with two attached hydrogens (primary N) is 1. The predicted molar refractivity (Wildman–Crippen MR) is 134 cm³/mol. The summed E-state index contributed by atoms with van der Waals surface area (Å²) in [5.41, 5.74) is 8.60. The lowest BCUT2D eigenvalue weighted by Crippen LogP contribution is -2.02. The molecule has 0 aliphatic rings. The van der Waals surface area contributed by atoms with E-state index in [4.69, 9.17) is 11.0 Å². The number of nitrogens with zero attached hydrogens (tertiary/aromatic N) is 5. The zero-order chi connectivity index (χ0) is 25.4. The van der Waals surface area contributed by atoms with Gasteiger partial charge < -0.3 is 5.73 Å². The van der Waals surface area contributed by atoms with E-state index in [0.717, 1.165) is 22.1 Å². The third kappa shape index (κ3) is 4.80. The molecule has 3 aromatic carbocycles. The van der Waals surface area contributed by atoms with Gasteiger partial charge in [-0.1, -0.05) is 28.5 Å². The first-order valence-corrected chi connectivity index (χ1v) is 13.1. The van der Waals surface area contributed by atoms with Crippen LogP contribution in [0.1, 0.15) is 5.69 Å². The van der Waals surface area contributed by atoms with Crippen molar-refractivity contribution in [2.45, 2.75) is 16.7 Å². The fourth-order valence-corrected chi connectivity index (χ4v) is 5.17. The van der Waals surface area contributed by atoms with Gasteiger partial charge in [0, 0.05) is 4.90 Å². The third-order valence-corrected chi connectivity index (χ3v) is 7.49. The minimum Gasteiger partial charge on any atom is -0.382 e. The Balaban J connectivity index is 1.44. The number of benzene rings is 3. The molecule has 15 heteroatoms. The molecule has 0 spiro atoms. The molecule has 0 saturated heterocycles. The lowest BCUT2D eigenvalue weighted by Gasteiger charge is -2.07. The van der Waals surface area contributed by atoms with Crippen LogP contribution in [0.2, 0.25) is 0 Å². The van der Waals surface area contributed by atoms with Crippen LogP contribution in [0.25, 0.3) is 26.7 Å². The Kier molecular flexibility index (Phi) is 6.44. The topological polar surface area (TPSA) is 175 Å². The number of nitrogen functional groups attached to an aromatic ring is 1. The van der Waals surface area contributed by atoms with Crippen molar-refractivity contribution in [2.75, 3.05) is 5.73 Å². The maximum Gasteiger partial charge on any atom is 0.294 e. The Morgan fingerprint density at radius 1 is 1.08 bits per heavy atom. The van der Waals surface area contributed by atoms with Crippen LogP contribution >= 0.6 is 23.4 Å². The van der Waals surface area contributed by atoms with Crippen molar-refractivity contribution in [3.05, 3.63) is 60.3 Å². The number of rotatable bonds is 7. The quantitative estimate of drug-likeness (QED) is 0.0767. The van der Waals surface area contributed by atoms with Gasteiger partial charge >= 0.3 is 0 Å². The maximum atomic E-state index is 11.4. The molecule has 2 heterocycles. The summed E-state index contributed by atoms with van der Waals surface area (Å²) in [6.45, 7) is 1.76. The van der Waals surface area contributed by atoms with Crippen LogP contribution in [-0.2, 0) is 19.5 Å². The zero-order valence-electron chi connectivity index (χ0n) is 18.3. The molecule has 0 atom stereocenters. The highest BCUT2D eigenvalue weighted by Crippen LogP contribution is 2.35. The molecule has 0 fully saturated rings. The number of anilines is 1. The second-order valence-corrected chi connectivity index (χ2v) is 10.7. The van der Waals surface area contributed by atoms with E-state index in [2.05, 4.69) is 29.7 Å². The Hall–Kier alpha value is -3.44. The number of thiazole rings is 1. The molecular formula is C21H16N6O6S3. The van der Waals surface area contributed by atoms with Gasteiger partial charge in [-0.3, -0.25) is 4.55 Å². The summed E-state index contributed by atoms with van der Waals surface area (Å²) in [6.07, 6.45) is 0. The first-order valence-electron chi connectivity index (χ1n) is 10.1. The van der Waals surface area contributed by atoms with Crippen LogP contribution in [0.15, 0.2) is 74.6 Å². The fourth-order valence-electron chi connectivity index (χ4n) is 3.50. The second kappa shape index (κ2) is 9.55. The van der Waals surface area contributed by atoms with E-state index in [1.807, 2.05) is 6.07 Å². The fraction of sp³-hybridized carbons (Fsp3) is 0.0476. The predicted octanol–water partition coefficient (Wildman–Crippen LogP) is 5.62. The van der Waals surface area contributed by atoms with Crippen molar-refractivity contribution in [3.63, 3.8) is 0 Å². The van der Waals surface area contributed by atoms with Crippen LogP contribution in [0.5, 0.6) is 0 Å². The number of aromatic nitrogens is 3. The van der Waals surface area contributed by atoms with Crippen LogP contribution in [0, 0.1) is 6.92 Å². The van der Waals surface area contributed by atoms with Gasteiger partial charge in [0.15, 0.2) is 11.5 Å². The molecule has 0 aliphatic carbocycles. The van der Waals surface area contributed by atoms with Crippen LogP contribution in [0.4, 0.5) is 16.6 Å². The molecule has 0 aliphatic heterocycles. The van der Waals surface area contributed by atoms with Crippen molar-refractivity contribution in [3.8, 4) is 5.69 Å². The lowest BCUT2D eigenvalue weighted by atomic mass is 10.1. The van der Waals surface area contributed by atoms with Gasteiger partial charge in [0.25, 0.3) is 10.1 Å². The van der Waals surface area contributed by atoms with E-state index in [-0.39, 0.29) is 10.7 Å². The summed E-state index contributed by atoms with van der Waals surface area (Å²) in [5.74, 6) is 0.270. The molecule has 0 saturated carbocycles. The summed E-state index contributed by atoms with van der Waals surface area (Å²) in [5, 5.41) is 26.7. The summed E-state index contributed by atoms with van der Waals surface area (Å²) in [7, 11) is -4.30. The first kappa shape index (κ1) is 24.3. The van der Waals surface area contributed by atoms with Gasteiger partial charge in [0.2, 0.25) is 5.13 Å². The maximum absolute atomic E-state index is 11.4. The summed E-state index contributed by atoms with van der Waals surface area (Å²) < 4.78 is 38.9. The van der Waals surface area contributed by atoms with Crippen LogP contribution < -0.4 is 5.73 Å². The molecule has 0 unspecified atom stereocenters. The lowest BCUT2D eigenvalue weighted by molar-refractivity contribution is -0.432. The summed E-state index contributed by atoms with van der Waals surface area (Å²) in [6, 6.07) is 14.9. The van der Waals surface area contributed by atoms with E-state index in [9.17, 15) is 13.0 Å². The van der Waals surface area contributed by atoms with Crippen molar-refractivity contribution in [2.24, 2.45) is 10.2 Å². The largest absolute Gasteiger partial charge is 0.382 e. The number of hydrogen-bond acceptors (Lipinski definition) is 12. The van der Waals surface area contributed by atoms with Crippen molar-refractivity contribution in [1.82, 2.24) is 14.8 Å². The number of fused-ring (bicyclic) bond motifs is 2. The molecule has 5 aromatic rings. The number of hydrogen-bond donors (Lipinski definition) is 3. The van der Waals surface area contributed by atoms with Crippen LogP contribution in [-0.4, -0.2) is 33.0 Å². The highest BCUT2D eigenvalue weighted by atomic mass is 32.2. The highest BCUT2D eigenvalue weighted by molar-refractivity contribution is 7.94. The molecule has 0 amide bonds. The van der Waals surface area contributed by atoms with Gasteiger partial charge in [-0.2, -0.15) is 13.5 Å². The first-order chi connectivity index (χ1) is 17.2. The van der Waals surface area contributed by atoms with Gasteiger partial charge in [0.05, 0.1) is 38.5 Å². The van der Waals surface area contributed by atoms with E-state index in [1.54, 1.807) is 43.3 Å². The van der Waals surface area contributed by atoms with Gasteiger partial charge in [-0.25, -0.2) is 14.9 Å². The SMILES string of the molecule is Cc1nn(-c2ccc3cc(S(=O)(=O)O)ccc3c2)c(N)c1N=Nc1nc2cc(SOOO)ccc2s1. The second-order valence-electron chi connectivity index (χ2n) is 7.45. The smallest absolute Gasteiger partial charge is 0.294 e. The van der Waals surface area contributed by atoms with Gasteiger partial charge in [0.1, 0.15) is 0 Å². The average Bonchev–Trinajstić information content (AvgIpc) is 3.39. The minimum atomic E-state index is -4.30. The molecule has 2 aromatic heterocycles. The standard InChI is InChI=1S/C21H16N6O6S3/c1-11-19(24-25-21-23-17-10-15(35-33-32-28)5-7-18(17)34-21)20(22)27(26-11)14-4-2-13-9-16(36(29,30)31)6-3-12(13)8-14/h2-10,28H,22H2,1H3,(H,29,30,31). The minimum absolute atomic E-state index is 0.183. The van der Waals surface area contributed by atoms with Crippen molar-refractivity contribution >= 4 is 71.1 Å². The van der Waals surface area contributed by atoms with E-state index in [1.165, 1.54) is 28.2 Å². The average molecular weight is 545 g/mol. The number of aryl methyl sites for hydroxylation is 1. The molecule has 4 N–H and O–H groups in total. The van der Waals surface area contributed by atoms with E-state index >= 15 is 0 Å². The molecule has 36 heavy (non-hydrogen) atoms. The molecule has 5 rings (SSSR count). The Morgan fingerprint density at radius 3 is 2.64 bits per heavy atom. The highest BCUT2D eigenvalue weighted by Gasteiger charge is 2.16. The Labute approximate surface area is 211 Å². The number of azo groups is 1. The monoisotopic (exact) mass is 544 g/mol. The van der Waals surface area contributed by atoms with E-state index < -0.39 is 10.1 Å². The van der Waals surface area contributed by atoms with Crippen LogP contribution in [0.3, 0.4) is 0 Å². The van der Waals surface area contributed by atoms with Crippen molar-refractivity contribution in [1.29, 1.82) is 0 Å². The molecule has 0 bridgehead atoms. The molecule has 184 valence electrons. The Morgan fingerprint density at radius 2 is 1.86 bits per heavy atom. The van der Waals surface area contributed by atoms with E-state index in [0.29, 0.717) is 38.0 Å².